The van der Waals surface area contributed by atoms with Crippen LogP contribution in [0.5, 0.6) is 5.75 Å². The molecule has 0 heterocycles. The first-order valence-electron chi connectivity index (χ1n) is 8.29. The van der Waals surface area contributed by atoms with E-state index in [2.05, 4.69) is 0 Å². The van der Waals surface area contributed by atoms with Gasteiger partial charge in [0.15, 0.2) is 11.6 Å². The van der Waals surface area contributed by atoms with Crippen LogP contribution in [0, 0.1) is 11.6 Å². The summed E-state index contributed by atoms with van der Waals surface area (Å²) >= 11 is 0. The van der Waals surface area contributed by atoms with Crippen LogP contribution in [0.3, 0.4) is 0 Å². The minimum atomic E-state index is -4.66. The minimum Gasteiger partial charge on any atom is -0.496 e. The molecular weight excluding hydrogens is 429 g/mol. The predicted molar refractivity (Wildman–Crippen MR) is 100 cm³/mol. The summed E-state index contributed by atoms with van der Waals surface area (Å²) in [6, 6.07) is 9.71. The molecule has 3 aromatic rings. The van der Waals surface area contributed by atoms with Crippen LogP contribution in [0.2, 0.25) is 0 Å². The summed E-state index contributed by atoms with van der Waals surface area (Å²) in [5.41, 5.74) is -0.351. The average molecular weight is 443 g/mol. The summed E-state index contributed by atoms with van der Waals surface area (Å²) in [4.78, 5) is -0.188. The van der Waals surface area contributed by atoms with E-state index in [0.29, 0.717) is 5.56 Å². The number of primary sulfonamides is 1. The lowest BCUT2D eigenvalue weighted by atomic mass is 9.93. The van der Waals surface area contributed by atoms with Crippen LogP contribution in [0.4, 0.5) is 22.0 Å². The molecule has 0 unspecified atom stereocenters. The highest BCUT2D eigenvalue weighted by atomic mass is 32.2. The van der Waals surface area contributed by atoms with E-state index in [4.69, 9.17) is 9.88 Å². The lowest BCUT2D eigenvalue weighted by Crippen LogP contribution is -2.11. The van der Waals surface area contributed by atoms with Crippen LogP contribution in [-0.4, -0.2) is 15.5 Å². The van der Waals surface area contributed by atoms with E-state index < -0.39 is 39.1 Å². The van der Waals surface area contributed by atoms with Gasteiger partial charge in [-0.25, -0.2) is 22.3 Å². The smallest absolute Gasteiger partial charge is 0.419 e. The van der Waals surface area contributed by atoms with E-state index in [9.17, 15) is 30.4 Å². The molecule has 0 aliphatic rings. The number of benzene rings is 3. The normalized spacial score (nSPS) is 12.1. The van der Waals surface area contributed by atoms with Crippen molar-refractivity contribution in [3.8, 4) is 28.0 Å². The quantitative estimate of drug-likeness (QED) is 0.579. The lowest BCUT2D eigenvalue weighted by molar-refractivity contribution is -0.138. The Morgan fingerprint density at radius 2 is 1.33 bits per heavy atom. The highest BCUT2D eigenvalue weighted by Crippen LogP contribution is 2.41. The topological polar surface area (TPSA) is 69.4 Å². The zero-order valence-electron chi connectivity index (χ0n) is 15.3. The number of nitrogens with two attached hydrogens (primary N) is 1. The van der Waals surface area contributed by atoms with Gasteiger partial charge in [0.05, 0.1) is 17.6 Å². The summed E-state index contributed by atoms with van der Waals surface area (Å²) in [6.07, 6.45) is -4.66. The van der Waals surface area contributed by atoms with Gasteiger partial charge in [-0.1, -0.05) is 18.2 Å². The van der Waals surface area contributed by atoms with E-state index in [1.807, 2.05) is 0 Å². The molecule has 0 aromatic heterocycles. The molecule has 0 bridgehead atoms. The van der Waals surface area contributed by atoms with E-state index in [1.165, 1.54) is 24.3 Å². The van der Waals surface area contributed by atoms with Crippen molar-refractivity contribution < 1.29 is 35.1 Å². The molecule has 0 atom stereocenters. The van der Waals surface area contributed by atoms with Gasteiger partial charge in [-0.3, -0.25) is 0 Å². The Morgan fingerprint density at radius 1 is 0.833 bits per heavy atom. The van der Waals surface area contributed by atoms with Gasteiger partial charge in [-0.15, -0.1) is 0 Å². The van der Waals surface area contributed by atoms with Crippen LogP contribution in [0.25, 0.3) is 22.3 Å². The van der Waals surface area contributed by atoms with Crippen LogP contribution in [0.15, 0.2) is 59.5 Å². The first-order valence-corrected chi connectivity index (χ1v) is 9.84. The number of hydrogen-bond donors (Lipinski definition) is 1. The maximum atomic E-state index is 13.9. The highest BCUT2D eigenvalue weighted by Gasteiger charge is 2.34. The van der Waals surface area contributed by atoms with Gasteiger partial charge < -0.3 is 4.74 Å². The van der Waals surface area contributed by atoms with Crippen molar-refractivity contribution in [1.82, 2.24) is 0 Å². The molecular formula is C20H14F5NO3S. The maximum Gasteiger partial charge on any atom is 0.419 e. The molecule has 0 spiro atoms. The van der Waals surface area contributed by atoms with Crippen molar-refractivity contribution in [2.75, 3.05) is 7.11 Å². The fourth-order valence-corrected chi connectivity index (χ4v) is 3.46. The van der Waals surface area contributed by atoms with Gasteiger partial charge >= 0.3 is 6.18 Å². The number of ether oxygens (including phenoxy) is 1. The maximum absolute atomic E-state index is 13.9. The standard InChI is InChI=1S/C20H14F5NO3S/c1-29-19-8-12(4-7-16(19)20(23,24)25)15-10-18(22)17(21)9-14(15)11-2-5-13(6-3-11)30(26,27)28/h2-10H,1H3,(H2,26,27,28). The van der Waals surface area contributed by atoms with E-state index in [1.54, 1.807) is 0 Å². The third-order valence-electron chi connectivity index (χ3n) is 4.37. The van der Waals surface area contributed by atoms with Gasteiger partial charge in [-0.2, -0.15) is 13.2 Å². The largest absolute Gasteiger partial charge is 0.496 e. The summed E-state index contributed by atoms with van der Waals surface area (Å²) in [6.45, 7) is 0. The van der Waals surface area contributed by atoms with Crippen molar-refractivity contribution in [2.24, 2.45) is 5.14 Å². The number of halogens is 5. The van der Waals surface area contributed by atoms with E-state index in [-0.39, 0.29) is 21.6 Å². The van der Waals surface area contributed by atoms with Crippen LogP contribution in [-0.2, 0) is 16.2 Å². The molecule has 0 saturated carbocycles. The van der Waals surface area contributed by atoms with Crippen LogP contribution >= 0.6 is 0 Å². The molecule has 0 aliphatic carbocycles. The van der Waals surface area contributed by atoms with E-state index in [0.717, 1.165) is 37.4 Å². The first kappa shape index (κ1) is 21.7. The van der Waals surface area contributed by atoms with Crippen molar-refractivity contribution in [3.63, 3.8) is 0 Å². The van der Waals surface area contributed by atoms with Gasteiger partial charge in [0.2, 0.25) is 10.0 Å². The van der Waals surface area contributed by atoms with Gasteiger partial charge in [0.1, 0.15) is 5.75 Å². The van der Waals surface area contributed by atoms with Crippen LogP contribution < -0.4 is 9.88 Å². The fourth-order valence-electron chi connectivity index (χ4n) is 2.94. The van der Waals surface area contributed by atoms with E-state index >= 15 is 0 Å². The number of methoxy groups -OCH3 is 1. The molecule has 0 aliphatic heterocycles. The average Bonchev–Trinajstić information content (AvgIpc) is 2.68. The molecule has 158 valence electrons. The fraction of sp³-hybridized carbons (Fsp3) is 0.100. The molecule has 30 heavy (non-hydrogen) atoms. The van der Waals surface area contributed by atoms with Gasteiger partial charge in [0, 0.05) is 0 Å². The molecule has 0 saturated heterocycles. The Bertz CT molecular complexity index is 1210. The lowest BCUT2D eigenvalue weighted by Gasteiger charge is -2.16. The second-order valence-electron chi connectivity index (χ2n) is 6.29. The van der Waals surface area contributed by atoms with Gasteiger partial charge in [0.25, 0.3) is 0 Å². The SMILES string of the molecule is COc1cc(-c2cc(F)c(F)cc2-c2ccc(S(N)(=O)=O)cc2)ccc1C(F)(F)F. The number of rotatable bonds is 4. The number of alkyl halides is 3. The Kier molecular flexibility index (Phi) is 5.57. The zero-order valence-corrected chi connectivity index (χ0v) is 16.1. The minimum absolute atomic E-state index is 0.0873. The zero-order chi connectivity index (χ0) is 22.3. The Morgan fingerprint density at radius 3 is 1.80 bits per heavy atom. The summed E-state index contributed by atoms with van der Waals surface area (Å²) in [5.74, 6) is -2.86. The molecule has 2 N–H and O–H groups in total. The van der Waals surface area contributed by atoms with Crippen molar-refractivity contribution in [2.45, 2.75) is 11.1 Å². The number of hydrogen-bond acceptors (Lipinski definition) is 3. The van der Waals surface area contributed by atoms with Crippen molar-refractivity contribution in [1.29, 1.82) is 0 Å². The highest BCUT2D eigenvalue weighted by molar-refractivity contribution is 7.89. The molecule has 10 heteroatoms. The third kappa shape index (κ3) is 4.29. The summed E-state index contributed by atoms with van der Waals surface area (Å²) in [7, 11) is -2.90. The summed E-state index contributed by atoms with van der Waals surface area (Å²) in [5, 5.41) is 5.05. The monoisotopic (exact) mass is 443 g/mol. The van der Waals surface area contributed by atoms with Gasteiger partial charge in [-0.05, 0) is 58.7 Å². The molecule has 0 radical (unpaired) electrons. The molecule has 4 nitrogen and oxygen atoms in total. The van der Waals surface area contributed by atoms with Crippen molar-refractivity contribution >= 4 is 10.0 Å². The second kappa shape index (κ2) is 7.69. The molecule has 0 fully saturated rings. The van der Waals surface area contributed by atoms with Crippen molar-refractivity contribution in [3.05, 3.63) is 71.8 Å². The first-order chi connectivity index (χ1) is 13.9. The Hall–Kier alpha value is -2.98. The number of sulfonamides is 1. The predicted octanol–water partition coefficient (Wildman–Crippen LogP) is 4.97. The molecule has 3 aromatic carbocycles. The second-order valence-corrected chi connectivity index (χ2v) is 7.86. The Balaban J connectivity index is 2.21. The molecule has 3 rings (SSSR count). The third-order valence-corrected chi connectivity index (χ3v) is 5.30. The Labute approximate surface area is 168 Å². The van der Waals surface area contributed by atoms with Crippen LogP contribution in [0.1, 0.15) is 5.56 Å². The summed E-state index contributed by atoms with van der Waals surface area (Å²) < 4.78 is 94.9. The molecule has 0 amide bonds.